The van der Waals surface area contributed by atoms with Gasteiger partial charge in [-0.25, -0.2) is 0 Å². The maximum atomic E-state index is 11.2. The first-order valence-corrected chi connectivity index (χ1v) is 4.83. The normalized spacial score (nSPS) is 43.3. The van der Waals surface area contributed by atoms with E-state index in [0.717, 1.165) is 6.42 Å². The molecule has 0 radical (unpaired) electrons. The lowest BCUT2D eigenvalue weighted by Crippen LogP contribution is -2.36. The van der Waals surface area contributed by atoms with Gasteiger partial charge in [0.2, 0.25) is 0 Å². The standard InChI is InChI=1S/C10H16O3/c1-7-10(5-4-8(11)6-10)13-9(2,3)12-7/h7H,4-6H2,1-3H3/t7-,10+/m1/s1. The van der Waals surface area contributed by atoms with Crippen LogP contribution in [-0.2, 0) is 14.3 Å². The number of carbonyl (C=O) groups excluding carboxylic acids is 1. The van der Waals surface area contributed by atoms with Crippen molar-refractivity contribution in [3.63, 3.8) is 0 Å². The minimum Gasteiger partial charge on any atom is -0.345 e. The number of hydrogen-bond donors (Lipinski definition) is 0. The molecule has 0 aromatic carbocycles. The van der Waals surface area contributed by atoms with Crippen LogP contribution in [0, 0.1) is 0 Å². The van der Waals surface area contributed by atoms with Crippen molar-refractivity contribution in [2.45, 2.75) is 57.5 Å². The summed E-state index contributed by atoms with van der Waals surface area (Å²) in [7, 11) is 0. The van der Waals surface area contributed by atoms with Gasteiger partial charge in [0.1, 0.15) is 11.4 Å². The molecule has 0 bridgehead atoms. The average molecular weight is 184 g/mol. The van der Waals surface area contributed by atoms with Gasteiger partial charge >= 0.3 is 0 Å². The second kappa shape index (κ2) is 2.55. The van der Waals surface area contributed by atoms with Gasteiger partial charge < -0.3 is 9.47 Å². The molecule has 1 spiro atoms. The van der Waals surface area contributed by atoms with Gasteiger partial charge in [-0.2, -0.15) is 0 Å². The minimum atomic E-state index is -0.524. The van der Waals surface area contributed by atoms with Crippen molar-refractivity contribution in [1.82, 2.24) is 0 Å². The quantitative estimate of drug-likeness (QED) is 0.574. The van der Waals surface area contributed by atoms with Crippen molar-refractivity contribution in [2.24, 2.45) is 0 Å². The lowest BCUT2D eigenvalue weighted by atomic mass is 9.96. The van der Waals surface area contributed by atoms with Crippen molar-refractivity contribution in [2.75, 3.05) is 0 Å². The molecule has 0 amide bonds. The second-order valence-electron chi connectivity index (χ2n) is 4.54. The van der Waals surface area contributed by atoms with Crippen LogP contribution in [0.4, 0.5) is 0 Å². The third-order valence-corrected chi connectivity index (χ3v) is 2.97. The lowest BCUT2D eigenvalue weighted by molar-refractivity contribution is -0.162. The fourth-order valence-corrected chi connectivity index (χ4v) is 2.43. The number of rotatable bonds is 0. The molecule has 1 aliphatic heterocycles. The monoisotopic (exact) mass is 184 g/mol. The van der Waals surface area contributed by atoms with E-state index in [1.807, 2.05) is 20.8 Å². The van der Waals surface area contributed by atoms with E-state index in [1.54, 1.807) is 0 Å². The summed E-state index contributed by atoms with van der Waals surface area (Å²) in [4.78, 5) is 11.2. The van der Waals surface area contributed by atoms with E-state index in [4.69, 9.17) is 9.47 Å². The predicted octanol–water partition coefficient (Wildman–Crippen LogP) is 1.65. The van der Waals surface area contributed by atoms with Gasteiger partial charge in [-0.15, -0.1) is 0 Å². The predicted molar refractivity (Wildman–Crippen MR) is 47.3 cm³/mol. The maximum Gasteiger partial charge on any atom is 0.164 e. The molecule has 3 heteroatoms. The summed E-state index contributed by atoms with van der Waals surface area (Å²) in [5.41, 5.74) is -0.319. The number of hydrogen-bond acceptors (Lipinski definition) is 3. The van der Waals surface area contributed by atoms with Gasteiger partial charge in [-0.05, 0) is 27.2 Å². The molecule has 2 aliphatic rings. The SMILES string of the molecule is C[C@H]1OC(C)(C)O[C@]12CCC(=O)C2. The van der Waals surface area contributed by atoms with Crippen LogP contribution >= 0.6 is 0 Å². The van der Waals surface area contributed by atoms with Crippen LogP contribution in [0.3, 0.4) is 0 Å². The van der Waals surface area contributed by atoms with Crippen LogP contribution in [0.5, 0.6) is 0 Å². The summed E-state index contributed by atoms with van der Waals surface area (Å²) in [6, 6.07) is 0. The van der Waals surface area contributed by atoms with E-state index in [1.165, 1.54) is 0 Å². The van der Waals surface area contributed by atoms with E-state index < -0.39 is 5.79 Å². The van der Waals surface area contributed by atoms with E-state index in [2.05, 4.69) is 0 Å². The summed E-state index contributed by atoms with van der Waals surface area (Å²) in [5, 5.41) is 0. The molecule has 3 nitrogen and oxygen atoms in total. The number of Topliss-reactive ketones (excluding diaryl/α,β-unsaturated/α-hetero) is 1. The minimum absolute atomic E-state index is 0.0361. The van der Waals surface area contributed by atoms with Gasteiger partial charge in [0.15, 0.2) is 5.79 Å². The molecule has 1 heterocycles. The van der Waals surface area contributed by atoms with Crippen molar-refractivity contribution in [3.05, 3.63) is 0 Å². The van der Waals surface area contributed by atoms with Crippen LogP contribution in [0.25, 0.3) is 0 Å². The Balaban J connectivity index is 2.20. The molecule has 1 saturated heterocycles. The summed E-state index contributed by atoms with van der Waals surface area (Å²) < 4.78 is 11.5. The maximum absolute atomic E-state index is 11.2. The summed E-state index contributed by atoms with van der Waals surface area (Å²) in [6.07, 6.45) is 2.02. The molecule has 0 aromatic heterocycles. The summed E-state index contributed by atoms with van der Waals surface area (Å²) in [5.74, 6) is -0.225. The number of ether oxygens (including phenoxy) is 2. The van der Waals surface area contributed by atoms with Crippen molar-refractivity contribution < 1.29 is 14.3 Å². The topological polar surface area (TPSA) is 35.5 Å². The molecular formula is C10H16O3. The van der Waals surface area contributed by atoms with Crippen molar-refractivity contribution in [3.8, 4) is 0 Å². The first kappa shape index (κ1) is 9.16. The zero-order valence-electron chi connectivity index (χ0n) is 8.42. The van der Waals surface area contributed by atoms with Gasteiger partial charge in [0.05, 0.1) is 6.10 Å². The lowest BCUT2D eigenvalue weighted by Gasteiger charge is -2.25. The Kier molecular flexibility index (Phi) is 1.79. The highest BCUT2D eigenvalue weighted by Crippen LogP contribution is 2.45. The van der Waals surface area contributed by atoms with Gasteiger partial charge in [-0.3, -0.25) is 4.79 Å². The molecule has 13 heavy (non-hydrogen) atoms. The largest absolute Gasteiger partial charge is 0.345 e. The molecule has 2 rings (SSSR count). The molecule has 2 fully saturated rings. The van der Waals surface area contributed by atoms with E-state index >= 15 is 0 Å². The highest BCUT2D eigenvalue weighted by Gasteiger charge is 2.54. The Bertz CT molecular complexity index is 247. The Morgan fingerprint density at radius 3 is 2.54 bits per heavy atom. The Morgan fingerprint density at radius 1 is 1.46 bits per heavy atom. The first-order chi connectivity index (χ1) is 5.94. The van der Waals surface area contributed by atoms with E-state index in [0.29, 0.717) is 18.6 Å². The Hall–Kier alpha value is -0.410. The first-order valence-electron chi connectivity index (χ1n) is 4.83. The highest BCUT2D eigenvalue weighted by atomic mass is 16.8. The number of carbonyl (C=O) groups is 1. The molecule has 1 aliphatic carbocycles. The van der Waals surface area contributed by atoms with Crippen LogP contribution in [0.2, 0.25) is 0 Å². The van der Waals surface area contributed by atoms with Gasteiger partial charge in [0.25, 0.3) is 0 Å². The smallest absolute Gasteiger partial charge is 0.164 e. The molecule has 0 N–H and O–H groups in total. The molecule has 0 aromatic rings. The van der Waals surface area contributed by atoms with Crippen LogP contribution in [0.15, 0.2) is 0 Å². The number of ketones is 1. The molecule has 1 saturated carbocycles. The Morgan fingerprint density at radius 2 is 2.15 bits per heavy atom. The summed E-state index contributed by atoms with van der Waals surface area (Å²) >= 11 is 0. The third kappa shape index (κ3) is 1.40. The average Bonchev–Trinajstić information content (AvgIpc) is 2.39. The second-order valence-corrected chi connectivity index (χ2v) is 4.54. The van der Waals surface area contributed by atoms with Crippen LogP contribution < -0.4 is 0 Å². The van der Waals surface area contributed by atoms with Gasteiger partial charge in [0, 0.05) is 12.8 Å². The van der Waals surface area contributed by atoms with Crippen LogP contribution in [0.1, 0.15) is 40.0 Å². The highest BCUT2D eigenvalue weighted by molar-refractivity contribution is 5.82. The van der Waals surface area contributed by atoms with Crippen molar-refractivity contribution >= 4 is 5.78 Å². The third-order valence-electron chi connectivity index (χ3n) is 2.97. The molecule has 2 atom stereocenters. The zero-order chi connectivity index (χ0) is 9.69. The molecule has 74 valence electrons. The fourth-order valence-electron chi connectivity index (χ4n) is 2.43. The van der Waals surface area contributed by atoms with E-state index in [-0.39, 0.29) is 11.7 Å². The van der Waals surface area contributed by atoms with Gasteiger partial charge in [-0.1, -0.05) is 0 Å². The van der Waals surface area contributed by atoms with E-state index in [9.17, 15) is 4.79 Å². The Labute approximate surface area is 78.4 Å². The van der Waals surface area contributed by atoms with Crippen molar-refractivity contribution in [1.29, 1.82) is 0 Å². The fraction of sp³-hybridized carbons (Fsp3) is 0.900. The molecular weight excluding hydrogens is 168 g/mol. The zero-order valence-corrected chi connectivity index (χ0v) is 8.42. The van der Waals surface area contributed by atoms with Crippen LogP contribution in [-0.4, -0.2) is 23.3 Å². The molecule has 0 unspecified atom stereocenters. The summed E-state index contributed by atoms with van der Waals surface area (Å²) in [6.45, 7) is 5.80.